The fourth-order valence-corrected chi connectivity index (χ4v) is 5.35. The van der Waals surface area contributed by atoms with Crippen molar-refractivity contribution in [3.63, 3.8) is 0 Å². The molecule has 4 rings (SSSR count). The van der Waals surface area contributed by atoms with Crippen molar-refractivity contribution in [1.29, 1.82) is 0 Å². The maximum Gasteiger partial charge on any atom is 0.341 e. The van der Waals surface area contributed by atoms with Crippen LogP contribution >= 0.6 is 11.3 Å². The van der Waals surface area contributed by atoms with Gasteiger partial charge in [-0.25, -0.2) is 18.9 Å². The van der Waals surface area contributed by atoms with Crippen LogP contribution < -0.4 is 10.2 Å². The lowest BCUT2D eigenvalue weighted by atomic mass is 10.1. The molecule has 1 aliphatic rings. The number of carbonyl (C=O) groups excluding carboxylic acids is 4. The molecule has 0 spiro atoms. The highest BCUT2D eigenvalue weighted by molar-refractivity contribution is 7.15. The van der Waals surface area contributed by atoms with Gasteiger partial charge >= 0.3 is 12.0 Å². The zero-order chi connectivity index (χ0) is 26.3. The molecular weight excluding hydrogens is 485 g/mol. The molecule has 4 amide bonds. The van der Waals surface area contributed by atoms with E-state index in [9.17, 15) is 23.6 Å². The molecule has 1 saturated heterocycles. The topological polar surface area (TPSA) is 97.7 Å². The second-order valence-electron chi connectivity index (χ2n) is 8.28. The number of nitrogens with one attached hydrogen (secondary N) is 1. The average molecular weight is 510 g/mol. The van der Waals surface area contributed by atoms with Gasteiger partial charge in [-0.15, -0.1) is 11.3 Å². The van der Waals surface area contributed by atoms with E-state index in [0.29, 0.717) is 21.8 Å². The van der Waals surface area contributed by atoms with Gasteiger partial charge in [-0.2, -0.15) is 0 Å². The van der Waals surface area contributed by atoms with Crippen LogP contribution in [0.3, 0.4) is 0 Å². The van der Waals surface area contributed by atoms with Gasteiger partial charge in [-0.1, -0.05) is 0 Å². The predicted molar refractivity (Wildman–Crippen MR) is 134 cm³/mol. The van der Waals surface area contributed by atoms with Crippen LogP contribution in [0.5, 0.6) is 0 Å². The number of rotatable bonds is 5. The van der Waals surface area contributed by atoms with E-state index in [1.165, 1.54) is 29.5 Å². The molecule has 3 aromatic rings. The molecule has 36 heavy (non-hydrogen) atoms. The Labute approximate surface area is 211 Å². The third-order valence-corrected chi connectivity index (χ3v) is 7.20. The lowest BCUT2D eigenvalue weighted by molar-refractivity contribution is -0.122. The Morgan fingerprint density at radius 1 is 1.11 bits per heavy atom. The summed E-state index contributed by atoms with van der Waals surface area (Å²) in [7, 11) is 0. The summed E-state index contributed by atoms with van der Waals surface area (Å²) >= 11 is 1.45. The van der Waals surface area contributed by atoms with Crippen molar-refractivity contribution in [2.24, 2.45) is 0 Å². The zero-order valence-corrected chi connectivity index (χ0v) is 21.2. The number of hydrogen-bond acceptors (Lipinski definition) is 6. The van der Waals surface area contributed by atoms with Crippen LogP contribution in [0.1, 0.15) is 44.7 Å². The van der Waals surface area contributed by atoms with Crippen molar-refractivity contribution in [2.75, 3.05) is 11.5 Å². The number of halogens is 1. The molecule has 186 valence electrons. The summed E-state index contributed by atoms with van der Waals surface area (Å²) in [5.41, 5.74) is 3.22. The van der Waals surface area contributed by atoms with Crippen molar-refractivity contribution in [3.05, 3.63) is 74.7 Å². The standard InChI is InChI=1S/C26H24FN3O5S/c1-6-35-25(33)21-14(3)16(5)36-24(21)29-13(2)11-17(15(29)4)12-20-22(31)28-26(34)30(23(20)32)19-9-7-18(27)8-10-19/h7-12H,6H2,1-5H3,(H,28,31,34)/b20-12+. The maximum atomic E-state index is 13.3. The third kappa shape index (κ3) is 4.24. The minimum Gasteiger partial charge on any atom is -0.462 e. The number of urea groups is 1. The summed E-state index contributed by atoms with van der Waals surface area (Å²) < 4.78 is 20.5. The normalized spacial score (nSPS) is 15.0. The van der Waals surface area contributed by atoms with Crippen LogP contribution in [-0.4, -0.2) is 35.0 Å². The number of benzene rings is 1. The summed E-state index contributed by atoms with van der Waals surface area (Å²) in [5.74, 6) is -2.60. The number of imide groups is 2. The number of aryl methyl sites for hydroxylation is 2. The SMILES string of the molecule is CCOC(=O)c1c(-n2c(C)cc(/C=C3\C(=O)NC(=O)N(c4ccc(F)cc4)C3=O)c2C)sc(C)c1C. The largest absolute Gasteiger partial charge is 0.462 e. The second-order valence-corrected chi connectivity index (χ2v) is 9.48. The lowest BCUT2D eigenvalue weighted by Gasteiger charge is -2.26. The molecule has 0 aliphatic carbocycles. The Bertz CT molecular complexity index is 1450. The van der Waals surface area contributed by atoms with Gasteiger partial charge in [0.25, 0.3) is 11.8 Å². The molecule has 3 heterocycles. The summed E-state index contributed by atoms with van der Waals surface area (Å²) in [6, 6.07) is 5.68. The number of nitrogens with zero attached hydrogens (tertiary/aromatic N) is 2. The zero-order valence-electron chi connectivity index (χ0n) is 20.4. The van der Waals surface area contributed by atoms with Crippen LogP contribution in [0.25, 0.3) is 11.1 Å². The van der Waals surface area contributed by atoms with Crippen molar-refractivity contribution in [2.45, 2.75) is 34.6 Å². The Hall–Kier alpha value is -4.05. The molecule has 1 N–H and O–H groups in total. The van der Waals surface area contributed by atoms with Gasteiger partial charge in [0, 0.05) is 16.3 Å². The van der Waals surface area contributed by atoms with Crippen molar-refractivity contribution in [1.82, 2.24) is 9.88 Å². The molecule has 1 aromatic carbocycles. The molecule has 0 saturated carbocycles. The van der Waals surface area contributed by atoms with Gasteiger partial charge in [0.15, 0.2) is 0 Å². The van der Waals surface area contributed by atoms with E-state index >= 15 is 0 Å². The predicted octanol–water partition coefficient (Wildman–Crippen LogP) is 4.75. The lowest BCUT2D eigenvalue weighted by Crippen LogP contribution is -2.54. The van der Waals surface area contributed by atoms with Crippen molar-refractivity contribution >= 4 is 46.9 Å². The Balaban J connectivity index is 1.79. The quantitative estimate of drug-likeness (QED) is 0.304. The number of thiophene rings is 1. The van der Waals surface area contributed by atoms with E-state index in [-0.39, 0.29) is 17.9 Å². The molecule has 0 bridgehead atoms. The molecule has 8 nitrogen and oxygen atoms in total. The first-order valence-corrected chi connectivity index (χ1v) is 12.0. The highest BCUT2D eigenvalue weighted by Gasteiger charge is 2.37. The highest BCUT2D eigenvalue weighted by Crippen LogP contribution is 2.35. The van der Waals surface area contributed by atoms with Gasteiger partial charge in [0.1, 0.15) is 16.4 Å². The summed E-state index contributed by atoms with van der Waals surface area (Å²) in [6.07, 6.45) is 1.41. The summed E-state index contributed by atoms with van der Waals surface area (Å²) in [4.78, 5) is 52.7. The molecule has 10 heteroatoms. The fraction of sp³-hybridized carbons (Fsp3) is 0.231. The molecule has 0 unspecified atom stereocenters. The average Bonchev–Trinajstić information content (AvgIpc) is 3.26. The van der Waals surface area contributed by atoms with Gasteiger partial charge in [-0.05, 0) is 82.2 Å². The van der Waals surface area contributed by atoms with Crippen LogP contribution in [0.4, 0.5) is 14.9 Å². The van der Waals surface area contributed by atoms with E-state index in [1.807, 2.05) is 32.3 Å². The van der Waals surface area contributed by atoms with Crippen LogP contribution in [-0.2, 0) is 14.3 Å². The van der Waals surface area contributed by atoms with Crippen LogP contribution in [0, 0.1) is 33.5 Å². The number of aromatic nitrogens is 1. The van der Waals surface area contributed by atoms with Crippen molar-refractivity contribution in [3.8, 4) is 5.00 Å². The smallest absolute Gasteiger partial charge is 0.341 e. The molecule has 1 aliphatic heterocycles. The van der Waals surface area contributed by atoms with E-state index < -0.39 is 29.6 Å². The maximum absolute atomic E-state index is 13.3. The molecule has 0 radical (unpaired) electrons. The van der Waals surface area contributed by atoms with Gasteiger partial charge < -0.3 is 9.30 Å². The molecular formula is C26H24FN3O5S. The van der Waals surface area contributed by atoms with Gasteiger partial charge in [-0.3, -0.25) is 14.9 Å². The van der Waals surface area contributed by atoms with Gasteiger partial charge in [0.05, 0.1) is 17.9 Å². The van der Waals surface area contributed by atoms with Crippen LogP contribution in [0.15, 0.2) is 35.9 Å². The number of hydrogen-bond donors (Lipinski definition) is 1. The number of ether oxygens (including phenoxy) is 1. The first-order chi connectivity index (χ1) is 17.0. The third-order valence-electron chi connectivity index (χ3n) is 6.01. The Morgan fingerprint density at radius 3 is 2.42 bits per heavy atom. The second kappa shape index (κ2) is 9.54. The van der Waals surface area contributed by atoms with Crippen molar-refractivity contribution < 1.29 is 28.3 Å². The molecule has 0 atom stereocenters. The summed E-state index contributed by atoms with van der Waals surface area (Å²) in [6.45, 7) is 9.45. The number of barbiturate groups is 1. The summed E-state index contributed by atoms with van der Waals surface area (Å²) in [5, 5.41) is 2.85. The monoisotopic (exact) mass is 509 g/mol. The fourth-order valence-electron chi connectivity index (χ4n) is 4.09. The molecule has 1 fully saturated rings. The minimum atomic E-state index is -0.914. The first kappa shape index (κ1) is 25.1. The van der Waals surface area contributed by atoms with Gasteiger partial charge in [0.2, 0.25) is 0 Å². The number of anilines is 1. The Kier molecular flexibility index (Phi) is 6.64. The van der Waals surface area contributed by atoms with Crippen LogP contribution in [0.2, 0.25) is 0 Å². The Morgan fingerprint density at radius 2 is 1.78 bits per heavy atom. The van der Waals surface area contributed by atoms with E-state index in [1.54, 1.807) is 13.0 Å². The number of amides is 4. The van der Waals surface area contributed by atoms with E-state index in [4.69, 9.17) is 4.74 Å². The molecule has 2 aromatic heterocycles. The number of carbonyl (C=O) groups is 4. The number of esters is 1. The highest BCUT2D eigenvalue weighted by atomic mass is 32.1. The first-order valence-electron chi connectivity index (χ1n) is 11.2. The van der Waals surface area contributed by atoms with E-state index in [0.717, 1.165) is 33.2 Å². The minimum absolute atomic E-state index is 0.131. The van der Waals surface area contributed by atoms with E-state index in [2.05, 4.69) is 5.32 Å².